The van der Waals surface area contributed by atoms with E-state index in [-0.39, 0.29) is 0 Å². The predicted molar refractivity (Wildman–Crippen MR) is 272 cm³/mol. The maximum atomic E-state index is 16.0. The summed E-state index contributed by atoms with van der Waals surface area (Å²) < 4.78 is 445. The van der Waals surface area contributed by atoms with Crippen molar-refractivity contribution in [2.45, 2.75) is 24.7 Å². The van der Waals surface area contributed by atoms with Gasteiger partial charge in [0.05, 0.1) is 22.3 Å². The van der Waals surface area contributed by atoms with Gasteiger partial charge >= 0.3 is 201 Å². The van der Waals surface area contributed by atoms with Gasteiger partial charge in [-0.1, -0.05) is 18.2 Å². The van der Waals surface area contributed by atoms with Crippen LogP contribution in [-0.2, 0) is 34.2 Å². The van der Waals surface area contributed by atoms with Crippen molar-refractivity contribution in [2.75, 3.05) is 39.6 Å². The molecule has 0 radical (unpaired) electrons. The van der Waals surface area contributed by atoms with Crippen LogP contribution < -0.4 is 44.7 Å². The fraction of sp³-hybridized carbons (Fsp3) is 0.172. The van der Waals surface area contributed by atoms with Gasteiger partial charge in [0, 0.05) is 0 Å². The number of ether oxygens (including phenoxy) is 4. The van der Waals surface area contributed by atoms with Gasteiger partial charge in [0.2, 0.25) is 0 Å². The molecule has 0 heterocycles. The number of benzene rings is 8. The van der Waals surface area contributed by atoms with Crippen molar-refractivity contribution < 1.29 is 142 Å². The van der Waals surface area contributed by atoms with Gasteiger partial charge in [0.1, 0.15) is 35.2 Å². The van der Waals surface area contributed by atoms with E-state index in [1.165, 1.54) is 13.4 Å². The summed E-state index contributed by atoms with van der Waals surface area (Å²) in [6.07, 6.45) is -39.5. The molecule has 4 nitrogen and oxygen atoms in total. The maximum Gasteiger partial charge on any atom is -0.0200 e. The first kappa shape index (κ1) is 71.3. The summed E-state index contributed by atoms with van der Waals surface area (Å²) in [5.74, 6) is -68.0. The Kier molecular flexibility index (Phi) is 21.7. The minimum atomic E-state index is -8.89. The van der Waals surface area contributed by atoms with Crippen LogP contribution >= 0.6 is 0 Å². The Bertz CT molecular complexity index is 3610. The minimum absolute atomic E-state index is 0.497. The summed E-state index contributed by atoms with van der Waals surface area (Å²) in [6, 6.07) is 39.6. The van der Waals surface area contributed by atoms with Gasteiger partial charge in [-0.2, -0.15) is 52.7 Å². The molecule has 0 fully saturated rings. The number of para-hydroxylation sites is 2. The second-order valence-electron chi connectivity index (χ2n) is 18.6. The fourth-order valence-electron chi connectivity index (χ4n) is 9.70. The third-order valence-electron chi connectivity index (χ3n) is 13.2. The van der Waals surface area contributed by atoms with E-state index >= 15 is 35.1 Å². The van der Waals surface area contributed by atoms with Gasteiger partial charge in [-0.25, -0.2) is 70.2 Å². The zero-order chi connectivity index (χ0) is 68.3. The quantitative estimate of drug-likeness (QED) is 0.0282. The topological polar surface area (TPSA) is 36.9 Å². The van der Waals surface area contributed by atoms with E-state index in [0.717, 1.165) is 11.5 Å². The molecule has 0 aliphatic heterocycles. The Hall–Kier alpha value is -8.10. The van der Waals surface area contributed by atoms with E-state index in [1.54, 1.807) is 0 Å². The van der Waals surface area contributed by atoms with Crippen LogP contribution in [0.2, 0.25) is 0 Å². The molecule has 34 heteroatoms. The molecule has 492 valence electrons. The molecule has 0 unspecified atom stereocenters. The predicted octanol–water partition coefficient (Wildman–Crippen LogP) is 13.1. The van der Waals surface area contributed by atoms with Crippen LogP contribution in [0.5, 0.6) is 11.5 Å². The van der Waals surface area contributed by atoms with Crippen molar-refractivity contribution in [1.82, 2.24) is 0 Å². The van der Waals surface area contributed by atoms with Crippen LogP contribution in [0, 0.1) is 93.1 Å². The van der Waals surface area contributed by atoms with Gasteiger partial charge < -0.3 is 0 Å². The standard InChI is InChI=1S/C30H31O4Se.C28BF28/c1-4-12-26(13-5-1)33-24-22-31-20-21-32-23-25-34-29-18-10-11-19-30(29)35(27-14-6-2-7-15-27)28-16-8-3-9-17-28;30-9-1(25(46,47)48)5(13(34)21(42)17(9)38)29(6-2(26(49,50)51)10(31)18(39)22(43)14(6)35,7-3(27(52,53)54)11(32)19(40)23(44)15(7)36)8-4(28(55,56)57)12(33)20(41)24(45)16(8)37/h1-19H,20-25H2;/q+1;-1. The average molecular weight is 1410 g/mol. The van der Waals surface area contributed by atoms with Gasteiger partial charge in [-0.05, 0) is 12.1 Å². The first-order chi connectivity index (χ1) is 43.0. The Morgan fingerprint density at radius 2 is 0.522 bits per heavy atom. The molecule has 8 rings (SSSR count). The Morgan fingerprint density at radius 3 is 0.826 bits per heavy atom. The SMILES string of the molecule is Fc1c(F)c(F)c(C(F)(F)F)c([B-](c2c(F)c(F)c(F)c(F)c2C(F)(F)F)(c2c(F)c(F)c(F)c(F)c2C(F)(F)F)c2c(F)c(F)c(F)c(F)c2C(F)(F)F)c1F.c1ccc(OCCOCCOCCOc2ccccc2[Se+](c2ccccc2)c2ccccc2)cc1. The summed E-state index contributed by atoms with van der Waals surface area (Å²) in [5.41, 5.74) is -38.1. The molecule has 8 aromatic carbocycles. The fourth-order valence-corrected chi connectivity index (χ4v) is 14.3. The average Bonchev–Trinajstić information content (AvgIpc) is 0.670. The molecule has 0 aromatic heterocycles. The molecule has 0 N–H and O–H groups in total. The molecule has 0 amide bonds. The monoisotopic (exact) mass is 1410 g/mol. The van der Waals surface area contributed by atoms with E-state index in [0.29, 0.717) is 39.6 Å². The largest absolute Gasteiger partial charge is 0.0586 e. The second-order valence-corrected chi connectivity index (χ2v) is 22.8. The van der Waals surface area contributed by atoms with Crippen molar-refractivity contribution in [1.29, 1.82) is 0 Å². The second kappa shape index (κ2) is 28.0. The Balaban J connectivity index is 0.000000292. The zero-order valence-electron chi connectivity index (χ0n) is 44.9. The smallest absolute Gasteiger partial charge is 0.0200 e. The summed E-state index contributed by atoms with van der Waals surface area (Å²) in [6.45, 7) is 3.13. The molecule has 0 saturated heterocycles. The minimum Gasteiger partial charge on any atom is -0.0586 e. The normalized spacial score (nSPS) is 12.4. The molecule has 8 aromatic rings. The third-order valence-corrected chi connectivity index (χ3v) is 18.0. The Labute approximate surface area is 502 Å². The molecule has 0 atom stereocenters. The first-order valence-corrected chi connectivity index (χ1v) is 27.8. The number of rotatable bonds is 18. The van der Waals surface area contributed by atoms with E-state index in [1.807, 2.05) is 36.4 Å². The molecule has 0 aliphatic carbocycles. The first-order valence-electron chi connectivity index (χ1n) is 25.3. The van der Waals surface area contributed by atoms with E-state index in [9.17, 15) is 87.8 Å². The number of hydrogen-bond donors (Lipinski definition) is 0. The van der Waals surface area contributed by atoms with Crippen LogP contribution in [0.15, 0.2) is 115 Å². The van der Waals surface area contributed by atoms with E-state index < -0.39 is 182 Å². The number of halogens is 28. The summed E-state index contributed by atoms with van der Waals surface area (Å²) in [5, 5.41) is 0. The van der Waals surface area contributed by atoms with Gasteiger partial charge in [-0.15, -0.1) is 21.9 Å². The molecule has 0 saturated carbocycles. The van der Waals surface area contributed by atoms with E-state index in [4.69, 9.17) is 18.9 Å². The van der Waals surface area contributed by atoms with E-state index in [2.05, 4.69) is 78.9 Å². The van der Waals surface area contributed by atoms with Crippen molar-refractivity contribution in [3.8, 4) is 11.5 Å². The van der Waals surface area contributed by atoms with Crippen LogP contribution in [0.4, 0.5) is 123 Å². The van der Waals surface area contributed by atoms with Crippen molar-refractivity contribution in [3.63, 3.8) is 0 Å². The van der Waals surface area contributed by atoms with Crippen molar-refractivity contribution in [2.24, 2.45) is 0 Å². The molecule has 92 heavy (non-hydrogen) atoms. The summed E-state index contributed by atoms with van der Waals surface area (Å²) >= 11 is -1.48. The molecule has 0 bridgehead atoms. The molecular weight excluding hydrogens is 1380 g/mol. The van der Waals surface area contributed by atoms with Crippen LogP contribution in [0.25, 0.3) is 0 Å². The third kappa shape index (κ3) is 14.0. The van der Waals surface area contributed by atoms with Crippen LogP contribution in [0.1, 0.15) is 22.3 Å². The summed E-state index contributed by atoms with van der Waals surface area (Å²) in [4.78, 5) is 0. The van der Waals surface area contributed by atoms with Gasteiger partial charge in [-0.3, -0.25) is 0 Å². The molecular formula is C58H31BF28O4Se. The van der Waals surface area contributed by atoms with Crippen molar-refractivity contribution >= 4 is 55.3 Å². The molecule has 0 spiro atoms. The van der Waals surface area contributed by atoms with Crippen LogP contribution in [-0.4, -0.2) is 59.7 Å². The van der Waals surface area contributed by atoms with Crippen LogP contribution in [0.3, 0.4) is 0 Å². The maximum absolute atomic E-state index is 16.0. The van der Waals surface area contributed by atoms with Gasteiger partial charge in [0.15, 0.2) is 69.8 Å². The Morgan fingerprint density at radius 1 is 0.272 bits per heavy atom. The molecule has 0 aliphatic rings. The summed E-state index contributed by atoms with van der Waals surface area (Å²) in [7, 11) is 0. The number of alkyl halides is 12. The van der Waals surface area contributed by atoms with Gasteiger partial charge in [0.25, 0.3) is 0 Å². The number of hydrogen-bond acceptors (Lipinski definition) is 4. The van der Waals surface area contributed by atoms with Crippen molar-refractivity contribution in [3.05, 3.63) is 231 Å². The zero-order valence-corrected chi connectivity index (χ0v) is 46.6.